The number of carbonyl (C=O) groups is 1. The van der Waals surface area contributed by atoms with E-state index in [1.165, 1.54) is 24.2 Å². The molecule has 1 aromatic heterocycles. The maximum Gasteiger partial charge on any atom is 0.265 e. The molecule has 2 rings (SSSR count). The van der Waals surface area contributed by atoms with E-state index >= 15 is 0 Å². The third kappa shape index (κ3) is 4.31. The number of rotatable bonds is 7. The van der Waals surface area contributed by atoms with Crippen LogP contribution in [0.4, 0.5) is 10.9 Å². The van der Waals surface area contributed by atoms with Gasteiger partial charge in [-0.3, -0.25) is 4.79 Å². The molecule has 3 N–H and O–H groups in total. The maximum atomic E-state index is 12.1. The van der Waals surface area contributed by atoms with E-state index in [0.29, 0.717) is 30.0 Å². The van der Waals surface area contributed by atoms with Gasteiger partial charge in [-0.25, -0.2) is 4.98 Å². The standard InChI is InChI=1S/C14H24N4O2S/c1-3-18(2)14-17-12(15)11(21-14)13(19)16-8-9-20-10-6-4-5-7-10/h10H,3-9,15H2,1-2H3,(H,16,19). The van der Waals surface area contributed by atoms with Gasteiger partial charge in [0.15, 0.2) is 5.13 Å². The average molecular weight is 312 g/mol. The quantitative estimate of drug-likeness (QED) is 0.751. The van der Waals surface area contributed by atoms with E-state index in [0.717, 1.165) is 24.5 Å². The summed E-state index contributed by atoms with van der Waals surface area (Å²) in [6.07, 6.45) is 5.16. The first kappa shape index (κ1) is 16.0. The average Bonchev–Trinajstić information content (AvgIpc) is 3.12. The number of anilines is 2. The van der Waals surface area contributed by atoms with Crippen LogP contribution < -0.4 is 16.0 Å². The molecule has 118 valence electrons. The minimum absolute atomic E-state index is 0.171. The summed E-state index contributed by atoms with van der Waals surface area (Å²) < 4.78 is 5.71. The van der Waals surface area contributed by atoms with Crippen LogP contribution in [0.1, 0.15) is 42.3 Å². The number of hydrogen-bond donors (Lipinski definition) is 2. The van der Waals surface area contributed by atoms with Gasteiger partial charge in [-0.15, -0.1) is 0 Å². The van der Waals surface area contributed by atoms with Crippen LogP contribution >= 0.6 is 11.3 Å². The molecular weight excluding hydrogens is 288 g/mol. The highest BCUT2D eigenvalue weighted by Gasteiger charge is 2.18. The van der Waals surface area contributed by atoms with E-state index in [1.54, 1.807) is 0 Å². The smallest absolute Gasteiger partial charge is 0.265 e. The van der Waals surface area contributed by atoms with Crippen molar-refractivity contribution >= 4 is 28.2 Å². The van der Waals surface area contributed by atoms with Gasteiger partial charge in [0.05, 0.1) is 12.7 Å². The lowest BCUT2D eigenvalue weighted by Gasteiger charge is -2.11. The van der Waals surface area contributed by atoms with E-state index in [2.05, 4.69) is 10.3 Å². The van der Waals surface area contributed by atoms with Crippen molar-refractivity contribution in [3.05, 3.63) is 4.88 Å². The second kappa shape index (κ2) is 7.61. The number of aromatic nitrogens is 1. The molecular formula is C14H24N4O2S. The van der Waals surface area contributed by atoms with Crippen molar-refractivity contribution in [2.45, 2.75) is 38.7 Å². The summed E-state index contributed by atoms with van der Waals surface area (Å²) in [6, 6.07) is 0. The molecule has 0 bridgehead atoms. The number of ether oxygens (including phenoxy) is 1. The third-order valence-corrected chi connectivity index (χ3v) is 4.88. The molecule has 1 fully saturated rings. The summed E-state index contributed by atoms with van der Waals surface area (Å²) >= 11 is 1.32. The van der Waals surface area contributed by atoms with Crippen LogP contribution in [0.3, 0.4) is 0 Å². The fourth-order valence-corrected chi connectivity index (χ4v) is 3.23. The molecule has 1 heterocycles. The zero-order chi connectivity index (χ0) is 15.2. The summed E-state index contributed by atoms with van der Waals surface area (Å²) in [5.41, 5.74) is 5.82. The molecule has 21 heavy (non-hydrogen) atoms. The number of carbonyl (C=O) groups excluding carboxylic acids is 1. The molecule has 0 aliphatic heterocycles. The normalized spacial score (nSPS) is 15.3. The number of nitrogens with two attached hydrogens (primary N) is 1. The van der Waals surface area contributed by atoms with Crippen molar-refractivity contribution in [2.75, 3.05) is 37.4 Å². The van der Waals surface area contributed by atoms with Gasteiger partial charge in [0.1, 0.15) is 10.7 Å². The highest BCUT2D eigenvalue weighted by atomic mass is 32.1. The van der Waals surface area contributed by atoms with E-state index in [1.807, 2.05) is 18.9 Å². The molecule has 1 amide bonds. The lowest BCUT2D eigenvalue weighted by molar-refractivity contribution is 0.0582. The predicted octanol–water partition coefficient (Wildman–Crippen LogP) is 1.87. The molecule has 7 heteroatoms. The topological polar surface area (TPSA) is 80.5 Å². The molecule has 1 aromatic rings. The molecule has 1 saturated carbocycles. The molecule has 0 aromatic carbocycles. The first-order valence-electron chi connectivity index (χ1n) is 7.49. The predicted molar refractivity (Wildman–Crippen MR) is 86.0 cm³/mol. The van der Waals surface area contributed by atoms with Crippen molar-refractivity contribution < 1.29 is 9.53 Å². The summed E-state index contributed by atoms with van der Waals surface area (Å²) in [4.78, 5) is 18.8. The molecule has 1 aliphatic rings. The number of nitrogen functional groups attached to an aromatic ring is 1. The second-order valence-electron chi connectivity index (χ2n) is 5.26. The molecule has 0 unspecified atom stereocenters. The van der Waals surface area contributed by atoms with Crippen molar-refractivity contribution in [1.29, 1.82) is 0 Å². The second-order valence-corrected chi connectivity index (χ2v) is 6.24. The lowest BCUT2D eigenvalue weighted by atomic mass is 10.3. The number of thiazole rings is 1. The zero-order valence-corrected chi connectivity index (χ0v) is 13.5. The van der Waals surface area contributed by atoms with Crippen LogP contribution in [0.5, 0.6) is 0 Å². The number of nitrogens with one attached hydrogen (secondary N) is 1. The molecule has 0 spiro atoms. The fourth-order valence-electron chi connectivity index (χ4n) is 2.31. The van der Waals surface area contributed by atoms with Gasteiger partial charge in [0.25, 0.3) is 5.91 Å². The van der Waals surface area contributed by atoms with Crippen LogP contribution in [-0.4, -0.2) is 43.7 Å². The Balaban J connectivity index is 1.78. The van der Waals surface area contributed by atoms with Crippen LogP contribution in [0.2, 0.25) is 0 Å². The van der Waals surface area contributed by atoms with E-state index in [9.17, 15) is 4.79 Å². The summed E-state index contributed by atoms with van der Waals surface area (Å²) in [6.45, 7) is 3.91. The maximum absolute atomic E-state index is 12.1. The Morgan fingerprint density at radius 2 is 2.24 bits per heavy atom. The minimum atomic E-state index is -0.171. The Kier molecular flexibility index (Phi) is 5.81. The monoisotopic (exact) mass is 312 g/mol. The van der Waals surface area contributed by atoms with Gasteiger partial charge in [0.2, 0.25) is 0 Å². The summed E-state index contributed by atoms with van der Waals surface area (Å²) in [5.74, 6) is 0.125. The Labute approximate surface area is 129 Å². The molecule has 6 nitrogen and oxygen atoms in total. The summed E-state index contributed by atoms with van der Waals surface area (Å²) in [5, 5.41) is 3.61. The van der Waals surface area contributed by atoms with Gasteiger partial charge in [-0.05, 0) is 19.8 Å². The molecule has 1 aliphatic carbocycles. The van der Waals surface area contributed by atoms with E-state index in [4.69, 9.17) is 10.5 Å². The van der Waals surface area contributed by atoms with Gasteiger partial charge in [-0.1, -0.05) is 24.2 Å². The Hall–Kier alpha value is -1.34. The molecule has 0 saturated heterocycles. The van der Waals surface area contributed by atoms with Gasteiger partial charge < -0.3 is 20.7 Å². The number of amides is 1. The van der Waals surface area contributed by atoms with Crippen LogP contribution in [0.15, 0.2) is 0 Å². The first-order chi connectivity index (χ1) is 10.1. The van der Waals surface area contributed by atoms with E-state index < -0.39 is 0 Å². The highest BCUT2D eigenvalue weighted by Crippen LogP contribution is 2.27. The Bertz CT molecular complexity index is 472. The largest absolute Gasteiger partial charge is 0.382 e. The Morgan fingerprint density at radius 1 is 1.52 bits per heavy atom. The Morgan fingerprint density at radius 3 is 2.90 bits per heavy atom. The minimum Gasteiger partial charge on any atom is -0.382 e. The highest BCUT2D eigenvalue weighted by molar-refractivity contribution is 7.18. The van der Waals surface area contributed by atoms with Crippen molar-refractivity contribution in [3.63, 3.8) is 0 Å². The summed E-state index contributed by atoms with van der Waals surface area (Å²) in [7, 11) is 1.93. The lowest BCUT2D eigenvalue weighted by Crippen LogP contribution is -2.28. The van der Waals surface area contributed by atoms with E-state index in [-0.39, 0.29) is 5.91 Å². The van der Waals surface area contributed by atoms with Crippen LogP contribution in [0.25, 0.3) is 0 Å². The van der Waals surface area contributed by atoms with Crippen molar-refractivity contribution in [1.82, 2.24) is 10.3 Å². The molecule has 0 atom stereocenters. The number of hydrogen-bond acceptors (Lipinski definition) is 6. The van der Waals surface area contributed by atoms with Crippen molar-refractivity contribution in [3.8, 4) is 0 Å². The van der Waals surface area contributed by atoms with Crippen LogP contribution in [-0.2, 0) is 4.74 Å². The van der Waals surface area contributed by atoms with Gasteiger partial charge >= 0.3 is 0 Å². The third-order valence-electron chi connectivity index (χ3n) is 3.69. The number of nitrogens with zero attached hydrogens (tertiary/aromatic N) is 2. The first-order valence-corrected chi connectivity index (χ1v) is 8.30. The van der Waals surface area contributed by atoms with Gasteiger partial charge in [0, 0.05) is 20.1 Å². The fraction of sp³-hybridized carbons (Fsp3) is 0.714. The zero-order valence-electron chi connectivity index (χ0n) is 12.7. The molecule has 0 radical (unpaired) electrons. The van der Waals surface area contributed by atoms with Crippen molar-refractivity contribution in [2.24, 2.45) is 0 Å². The van der Waals surface area contributed by atoms with Crippen LogP contribution in [0, 0.1) is 0 Å². The van der Waals surface area contributed by atoms with Gasteiger partial charge in [-0.2, -0.15) is 0 Å². The SMILES string of the molecule is CCN(C)c1nc(N)c(C(=O)NCCOC2CCCC2)s1.